The molecule has 3 aromatic rings. The standard InChI is InChI=1S/C24H26N2O4S/c1-16-5-7-18(3)22(13-16)25-24(27)15-30-20-9-11-21(12-10-20)31(28,29)26-23-14-17(2)6-8-19(23)4/h5-14,26H,15H2,1-4H3,(H,25,27). The van der Waals surface area contributed by atoms with E-state index >= 15 is 0 Å². The van der Waals surface area contributed by atoms with Crippen LogP contribution in [-0.4, -0.2) is 20.9 Å². The number of carbonyl (C=O) groups excluding carboxylic acids is 1. The van der Waals surface area contributed by atoms with Crippen molar-refractivity contribution in [3.63, 3.8) is 0 Å². The van der Waals surface area contributed by atoms with Gasteiger partial charge in [-0.3, -0.25) is 9.52 Å². The molecular formula is C24H26N2O4S. The Morgan fingerprint density at radius 1 is 0.806 bits per heavy atom. The van der Waals surface area contributed by atoms with Gasteiger partial charge in [0.05, 0.1) is 10.6 Å². The maximum Gasteiger partial charge on any atom is 0.262 e. The largest absolute Gasteiger partial charge is 0.484 e. The summed E-state index contributed by atoms with van der Waals surface area (Å²) in [4.78, 5) is 12.3. The Balaban J connectivity index is 1.62. The minimum absolute atomic E-state index is 0.112. The third-order valence-corrected chi connectivity index (χ3v) is 6.19. The second-order valence-electron chi connectivity index (χ2n) is 7.55. The first-order valence-corrected chi connectivity index (χ1v) is 11.3. The van der Waals surface area contributed by atoms with Crippen LogP contribution in [0.4, 0.5) is 11.4 Å². The second kappa shape index (κ2) is 9.22. The molecule has 7 heteroatoms. The first-order valence-electron chi connectivity index (χ1n) is 9.84. The van der Waals surface area contributed by atoms with Gasteiger partial charge < -0.3 is 10.1 Å². The minimum Gasteiger partial charge on any atom is -0.484 e. The Morgan fingerprint density at radius 2 is 1.35 bits per heavy atom. The van der Waals surface area contributed by atoms with E-state index in [1.165, 1.54) is 24.3 Å². The molecule has 31 heavy (non-hydrogen) atoms. The van der Waals surface area contributed by atoms with Gasteiger partial charge in [-0.15, -0.1) is 0 Å². The topological polar surface area (TPSA) is 84.5 Å². The van der Waals surface area contributed by atoms with E-state index in [-0.39, 0.29) is 17.4 Å². The van der Waals surface area contributed by atoms with Gasteiger partial charge >= 0.3 is 0 Å². The van der Waals surface area contributed by atoms with Gasteiger partial charge in [-0.05, 0) is 86.3 Å². The summed E-state index contributed by atoms with van der Waals surface area (Å²) >= 11 is 0. The first kappa shape index (κ1) is 22.4. The smallest absolute Gasteiger partial charge is 0.262 e. The number of ether oxygens (including phenoxy) is 1. The average Bonchev–Trinajstić information content (AvgIpc) is 2.72. The van der Waals surface area contributed by atoms with Crippen LogP contribution in [0.3, 0.4) is 0 Å². The number of hydrogen-bond acceptors (Lipinski definition) is 4. The van der Waals surface area contributed by atoms with Crippen LogP contribution in [0.15, 0.2) is 65.6 Å². The van der Waals surface area contributed by atoms with Gasteiger partial charge in [-0.1, -0.05) is 24.3 Å². The highest BCUT2D eigenvalue weighted by Gasteiger charge is 2.16. The van der Waals surface area contributed by atoms with Crippen molar-refractivity contribution in [1.82, 2.24) is 0 Å². The lowest BCUT2D eigenvalue weighted by molar-refractivity contribution is -0.118. The number of rotatable bonds is 7. The quantitative estimate of drug-likeness (QED) is 0.558. The molecule has 3 rings (SSSR count). The third kappa shape index (κ3) is 5.86. The number of nitrogens with one attached hydrogen (secondary N) is 2. The highest BCUT2D eigenvalue weighted by molar-refractivity contribution is 7.92. The molecule has 162 valence electrons. The third-order valence-electron chi connectivity index (χ3n) is 4.81. The zero-order valence-corrected chi connectivity index (χ0v) is 18.8. The van der Waals surface area contributed by atoms with Gasteiger partial charge in [0.1, 0.15) is 5.75 Å². The van der Waals surface area contributed by atoms with Crippen LogP contribution < -0.4 is 14.8 Å². The molecule has 3 aromatic carbocycles. The van der Waals surface area contributed by atoms with Crippen molar-refractivity contribution in [3.05, 3.63) is 82.9 Å². The molecule has 2 N–H and O–H groups in total. The van der Waals surface area contributed by atoms with E-state index < -0.39 is 10.0 Å². The van der Waals surface area contributed by atoms with Gasteiger partial charge in [-0.2, -0.15) is 0 Å². The zero-order valence-electron chi connectivity index (χ0n) is 18.0. The normalized spacial score (nSPS) is 11.1. The molecule has 0 saturated carbocycles. The fourth-order valence-electron chi connectivity index (χ4n) is 2.97. The minimum atomic E-state index is -3.74. The van der Waals surface area contributed by atoms with Crippen molar-refractivity contribution in [1.29, 1.82) is 0 Å². The van der Waals surface area contributed by atoms with Crippen LogP contribution in [0.25, 0.3) is 0 Å². The molecule has 0 spiro atoms. The zero-order chi connectivity index (χ0) is 22.6. The fraction of sp³-hybridized carbons (Fsp3) is 0.208. The number of carbonyl (C=O) groups is 1. The van der Waals surface area contributed by atoms with E-state index in [0.29, 0.717) is 11.4 Å². The Morgan fingerprint density at radius 3 is 1.97 bits per heavy atom. The Labute approximate surface area is 183 Å². The molecular weight excluding hydrogens is 412 g/mol. The van der Waals surface area contributed by atoms with Crippen LogP contribution in [-0.2, 0) is 14.8 Å². The SMILES string of the molecule is Cc1ccc(C)c(NC(=O)COc2ccc(S(=O)(=O)Nc3cc(C)ccc3C)cc2)c1. The molecule has 0 aliphatic rings. The van der Waals surface area contributed by atoms with Crippen molar-refractivity contribution in [3.8, 4) is 5.75 Å². The summed E-state index contributed by atoms with van der Waals surface area (Å²) < 4.78 is 33.5. The lowest BCUT2D eigenvalue weighted by Gasteiger charge is -2.12. The Hall–Kier alpha value is -3.32. The number of anilines is 2. The number of sulfonamides is 1. The highest BCUT2D eigenvalue weighted by atomic mass is 32.2. The van der Waals surface area contributed by atoms with E-state index in [4.69, 9.17) is 4.74 Å². The highest BCUT2D eigenvalue weighted by Crippen LogP contribution is 2.23. The first-order chi connectivity index (χ1) is 14.6. The summed E-state index contributed by atoms with van der Waals surface area (Å²) in [5.74, 6) is 0.115. The lowest BCUT2D eigenvalue weighted by Crippen LogP contribution is -2.20. The van der Waals surface area contributed by atoms with Crippen LogP contribution in [0.1, 0.15) is 22.3 Å². The fourth-order valence-corrected chi connectivity index (χ4v) is 4.09. The summed E-state index contributed by atoms with van der Waals surface area (Å²) in [5, 5.41) is 2.82. The van der Waals surface area contributed by atoms with Crippen molar-refractivity contribution in [2.75, 3.05) is 16.6 Å². The molecule has 0 fully saturated rings. The molecule has 0 bridgehead atoms. The second-order valence-corrected chi connectivity index (χ2v) is 9.23. The number of hydrogen-bond donors (Lipinski definition) is 2. The van der Waals surface area contributed by atoms with Crippen LogP contribution >= 0.6 is 0 Å². The molecule has 6 nitrogen and oxygen atoms in total. The van der Waals surface area contributed by atoms with Crippen molar-refractivity contribution in [2.24, 2.45) is 0 Å². The van der Waals surface area contributed by atoms with E-state index in [9.17, 15) is 13.2 Å². The molecule has 0 aliphatic carbocycles. The molecule has 0 atom stereocenters. The monoisotopic (exact) mass is 438 g/mol. The molecule has 0 aliphatic heterocycles. The summed E-state index contributed by atoms with van der Waals surface area (Å²) in [6.45, 7) is 7.44. The maximum absolute atomic E-state index is 12.7. The van der Waals surface area contributed by atoms with Gasteiger partial charge in [0.15, 0.2) is 6.61 Å². The summed E-state index contributed by atoms with van der Waals surface area (Å²) in [7, 11) is -3.74. The Bertz CT molecular complexity index is 1200. The molecule has 0 saturated heterocycles. The predicted molar refractivity (Wildman–Crippen MR) is 123 cm³/mol. The van der Waals surface area contributed by atoms with E-state index in [1.807, 2.05) is 58.0 Å². The van der Waals surface area contributed by atoms with Gasteiger partial charge in [-0.25, -0.2) is 8.42 Å². The average molecular weight is 439 g/mol. The molecule has 0 unspecified atom stereocenters. The van der Waals surface area contributed by atoms with Crippen molar-refractivity contribution >= 4 is 27.3 Å². The van der Waals surface area contributed by atoms with E-state index in [1.54, 1.807) is 6.07 Å². The van der Waals surface area contributed by atoms with E-state index in [0.717, 1.165) is 27.9 Å². The number of benzene rings is 3. The van der Waals surface area contributed by atoms with Gasteiger partial charge in [0.2, 0.25) is 0 Å². The molecule has 1 amide bonds. The number of amides is 1. The maximum atomic E-state index is 12.7. The van der Waals surface area contributed by atoms with Gasteiger partial charge in [0.25, 0.3) is 15.9 Å². The lowest BCUT2D eigenvalue weighted by atomic mass is 10.1. The predicted octanol–water partition coefficient (Wildman–Crippen LogP) is 4.74. The molecule has 0 heterocycles. The van der Waals surface area contributed by atoms with E-state index in [2.05, 4.69) is 10.0 Å². The summed E-state index contributed by atoms with van der Waals surface area (Å²) in [5.41, 5.74) is 5.10. The molecule has 0 radical (unpaired) electrons. The number of aryl methyl sites for hydroxylation is 4. The molecule has 0 aromatic heterocycles. The van der Waals surface area contributed by atoms with Crippen LogP contribution in [0.5, 0.6) is 5.75 Å². The summed E-state index contributed by atoms with van der Waals surface area (Å²) in [6.07, 6.45) is 0. The summed E-state index contributed by atoms with van der Waals surface area (Å²) in [6, 6.07) is 17.4. The Kier molecular flexibility index (Phi) is 6.65. The van der Waals surface area contributed by atoms with Crippen molar-refractivity contribution < 1.29 is 17.9 Å². The van der Waals surface area contributed by atoms with Gasteiger partial charge in [0, 0.05) is 5.69 Å². The van der Waals surface area contributed by atoms with Crippen LogP contribution in [0.2, 0.25) is 0 Å². The van der Waals surface area contributed by atoms with Crippen molar-refractivity contribution in [2.45, 2.75) is 32.6 Å². The van der Waals surface area contributed by atoms with Crippen LogP contribution in [0, 0.1) is 27.7 Å².